The SMILES string of the molecule is Cc1cc(OCCn2c(C(C)(C)C)nc3ccccc32)ccc1Cl. The molecule has 0 saturated carbocycles. The lowest BCUT2D eigenvalue weighted by atomic mass is 9.95. The molecule has 4 heteroatoms. The maximum Gasteiger partial charge on any atom is 0.119 e. The van der Waals surface area contributed by atoms with Crippen LogP contribution < -0.4 is 4.74 Å². The number of hydrogen-bond acceptors (Lipinski definition) is 2. The van der Waals surface area contributed by atoms with Crippen molar-refractivity contribution in [2.45, 2.75) is 39.7 Å². The summed E-state index contributed by atoms with van der Waals surface area (Å²) >= 11 is 6.06. The van der Waals surface area contributed by atoms with Gasteiger partial charge in [0.15, 0.2) is 0 Å². The first kappa shape index (κ1) is 16.8. The van der Waals surface area contributed by atoms with Gasteiger partial charge in [-0.3, -0.25) is 0 Å². The van der Waals surface area contributed by atoms with Crippen LogP contribution in [0.15, 0.2) is 42.5 Å². The van der Waals surface area contributed by atoms with Crippen molar-refractivity contribution in [2.24, 2.45) is 0 Å². The molecule has 126 valence electrons. The number of rotatable bonds is 4. The topological polar surface area (TPSA) is 27.1 Å². The third-order valence-corrected chi connectivity index (χ3v) is 4.46. The Morgan fingerprint density at radius 2 is 1.88 bits per heavy atom. The molecule has 3 rings (SSSR count). The molecule has 3 aromatic rings. The summed E-state index contributed by atoms with van der Waals surface area (Å²) in [6.45, 7) is 9.89. The van der Waals surface area contributed by atoms with Crippen LogP contribution in [0.5, 0.6) is 5.75 Å². The minimum absolute atomic E-state index is 0.0180. The zero-order valence-corrected chi connectivity index (χ0v) is 15.4. The Bertz CT molecular complexity index is 862. The van der Waals surface area contributed by atoms with Crippen molar-refractivity contribution in [3.8, 4) is 5.75 Å². The predicted octanol–water partition coefficient (Wildman–Crippen LogP) is 5.37. The molecule has 0 N–H and O–H groups in total. The first-order valence-electron chi connectivity index (χ1n) is 8.21. The molecule has 0 fully saturated rings. The van der Waals surface area contributed by atoms with E-state index in [1.807, 2.05) is 31.2 Å². The highest BCUT2D eigenvalue weighted by Gasteiger charge is 2.22. The van der Waals surface area contributed by atoms with Crippen LogP contribution in [-0.2, 0) is 12.0 Å². The van der Waals surface area contributed by atoms with Crippen LogP contribution in [0.25, 0.3) is 11.0 Å². The average Bonchev–Trinajstić information content (AvgIpc) is 2.90. The molecule has 0 atom stereocenters. The number of nitrogens with zero attached hydrogens (tertiary/aromatic N) is 2. The second-order valence-corrected chi connectivity index (χ2v) is 7.49. The second kappa shape index (κ2) is 6.48. The zero-order chi connectivity index (χ0) is 17.3. The number of ether oxygens (including phenoxy) is 1. The van der Waals surface area contributed by atoms with Crippen LogP contribution >= 0.6 is 11.6 Å². The van der Waals surface area contributed by atoms with E-state index in [4.69, 9.17) is 21.3 Å². The van der Waals surface area contributed by atoms with Crippen LogP contribution in [0.2, 0.25) is 5.02 Å². The fraction of sp³-hybridized carbons (Fsp3) is 0.350. The van der Waals surface area contributed by atoms with Crippen molar-refractivity contribution in [3.63, 3.8) is 0 Å². The number of aromatic nitrogens is 2. The lowest BCUT2D eigenvalue weighted by Crippen LogP contribution is -2.21. The molecule has 0 unspecified atom stereocenters. The molecule has 0 bridgehead atoms. The first-order chi connectivity index (χ1) is 11.4. The Morgan fingerprint density at radius 3 is 2.58 bits per heavy atom. The number of halogens is 1. The van der Waals surface area contributed by atoms with E-state index in [2.05, 4.69) is 43.5 Å². The summed E-state index contributed by atoms with van der Waals surface area (Å²) in [5.41, 5.74) is 3.19. The van der Waals surface area contributed by atoms with E-state index in [1.165, 1.54) is 0 Å². The molecule has 0 radical (unpaired) electrons. The molecule has 0 saturated heterocycles. The Labute approximate surface area is 148 Å². The summed E-state index contributed by atoms with van der Waals surface area (Å²) in [4.78, 5) is 4.83. The van der Waals surface area contributed by atoms with Crippen LogP contribution in [0.3, 0.4) is 0 Å². The summed E-state index contributed by atoms with van der Waals surface area (Å²) in [6, 6.07) is 14.0. The van der Waals surface area contributed by atoms with Gasteiger partial charge in [0.25, 0.3) is 0 Å². The number of hydrogen-bond donors (Lipinski definition) is 0. The molecule has 0 spiro atoms. The fourth-order valence-corrected chi connectivity index (χ4v) is 2.95. The fourth-order valence-electron chi connectivity index (χ4n) is 2.84. The summed E-state index contributed by atoms with van der Waals surface area (Å²) in [5, 5.41) is 0.762. The van der Waals surface area contributed by atoms with Gasteiger partial charge in [-0.25, -0.2) is 4.98 Å². The van der Waals surface area contributed by atoms with Gasteiger partial charge < -0.3 is 9.30 Å². The Balaban J connectivity index is 1.82. The highest BCUT2D eigenvalue weighted by molar-refractivity contribution is 6.31. The van der Waals surface area contributed by atoms with Crippen molar-refractivity contribution in [1.29, 1.82) is 0 Å². The van der Waals surface area contributed by atoms with E-state index in [0.717, 1.165) is 39.7 Å². The van der Waals surface area contributed by atoms with Gasteiger partial charge in [-0.2, -0.15) is 0 Å². The quantitative estimate of drug-likeness (QED) is 0.637. The molecular formula is C20H23ClN2O. The van der Waals surface area contributed by atoms with Gasteiger partial charge in [0.2, 0.25) is 0 Å². The van der Waals surface area contributed by atoms with Crippen molar-refractivity contribution in [3.05, 3.63) is 58.9 Å². The Morgan fingerprint density at radius 1 is 1.12 bits per heavy atom. The van der Waals surface area contributed by atoms with Crippen molar-refractivity contribution in [1.82, 2.24) is 9.55 Å². The molecule has 24 heavy (non-hydrogen) atoms. The molecule has 3 nitrogen and oxygen atoms in total. The molecule has 0 aliphatic carbocycles. The lowest BCUT2D eigenvalue weighted by molar-refractivity contribution is 0.294. The molecule has 1 aromatic heterocycles. The normalized spacial score (nSPS) is 11.9. The summed E-state index contributed by atoms with van der Waals surface area (Å²) in [7, 11) is 0. The molecular weight excluding hydrogens is 320 g/mol. The standard InChI is InChI=1S/C20H23ClN2O/c1-14-13-15(9-10-16(14)21)24-12-11-23-18-8-6-5-7-17(18)22-19(23)20(2,3)4/h5-10,13H,11-12H2,1-4H3. The summed E-state index contributed by atoms with van der Waals surface area (Å²) in [5.74, 6) is 1.93. The van der Waals surface area contributed by atoms with E-state index >= 15 is 0 Å². The van der Waals surface area contributed by atoms with Crippen molar-refractivity contribution >= 4 is 22.6 Å². The monoisotopic (exact) mass is 342 g/mol. The maximum atomic E-state index is 6.06. The van der Waals surface area contributed by atoms with E-state index in [9.17, 15) is 0 Å². The molecule has 0 aliphatic heterocycles. The predicted molar refractivity (Wildman–Crippen MR) is 100 cm³/mol. The summed E-state index contributed by atoms with van der Waals surface area (Å²) < 4.78 is 8.19. The van der Waals surface area contributed by atoms with E-state index in [0.29, 0.717) is 6.61 Å². The number of fused-ring (bicyclic) bond motifs is 1. The van der Waals surface area contributed by atoms with Gasteiger partial charge in [-0.1, -0.05) is 44.5 Å². The van der Waals surface area contributed by atoms with Crippen LogP contribution in [0.1, 0.15) is 32.2 Å². The zero-order valence-electron chi connectivity index (χ0n) is 14.6. The highest BCUT2D eigenvalue weighted by atomic mass is 35.5. The van der Waals surface area contributed by atoms with Crippen LogP contribution in [-0.4, -0.2) is 16.2 Å². The van der Waals surface area contributed by atoms with E-state index in [1.54, 1.807) is 0 Å². The van der Waals surface area contributed by atoms with Gasteiger partial charge >= 0.3 is 0 Å². The number of para-hydroxylation sites is 2. The number of aryl methyl sites for hydroxylation is 1. The molecule has 0 amide bonds. The van der Waals surface area contributed by atoms with Crippen molar-refractivity contribution < 1.29 is 4.74 Å². The minimum Gasteiger partial charge on any atom is -0.492 e. The molecule has 2 aromatic carbocycles. The van der Waals surface area contributed by atoms with Crippen molar-refractivity contribution in [2.75, 3.05) is 6.61 Å². The first-order valence-corrected chi connectivity index (χ1v) is 8.59. The van der Waals surface area contributed by atoms with Gasteiger partial charge in [0, 0.05) is 10.4 Å². The molecule has 1 heterocycles. The smallest absolute Gasteiger partial charge is 0.119 e. The minimum atomic E-state index is -0.0180. The highest BCUT2D eigenvalue weighted by Crippen LogP contribution is 2.26. The van der Waals surface area contributed by atoms with E-state index < -0.39 is 0 Å². The number of benzene rings is 2. The largest absolute Gasteiger partial charge is 0.492 e. The number of imidazole rings is 1. The third kappa shape index (κ3) is 3.41. The third-order valence-electron chi connectivity index (χ3n) is 4.04. The van der Waals surface area contributed by atoms with Gasteiger partial charge in [-0.05, 0) is 42.8 Å². The Hall–Kier alpha value is -2.00. The van der Waals surface area contributed by atoms with Crippen LogP contribution in [0, 0.1) is 6.92 Å². The van der Waals surface area contributed by atoms with Gasteiger partial charge in [0.1, 0.15) is 18.2 Å². The van der Waals surface area contributed by atoms with Gasteiger partial charge in [0.05, 0.1) is 17.6 Å². The van der Waals surface area contributed by atoms with Gasteiger partial charge in [-0.15, -0.1) is 0 Å². The molecule has 0 aliphatic rings. The maximum absolute atomic E-state index is 6.06. The Kier molecular flexibility index (Phi) is 4.55. The average molecular weight is 343 g/mol. The second-order valence-electron chi connectivity index (χ2n) is 7.09. The van der Waals surface area contributed by atoms with Crippen LogP contribution in [0.4, 0.5) is 0 Å². The summed E-state index contributed by atoms with van der Waals surface area (Å²) in [6.07, 6.45) is 0. The lowest BCUT2D eigenvalue weighted by Gasteiger charge is -2.20. The van der Waals surface area contributed by atoms with E-state index in [-0.39, 0.29) is 5.41 Å².